The highest BCUT2D eigenvalue weighted by molar-refractivity contribution is 6.48. The number of alkyl halides is 6. The number of rotatable bonds is 8. The van der Waals surface area contributed by atoms with E-state index in [4.69, 9.17) is 34.8 Å². The summed E-state index contributed by atoms with van der Waals surface area (Å²) in [7, 11) is 0. The lowest BCUT2D eigenvalue weighted by atomic mass is 9.96. The lowest BCUT2D eigenvalue weighted by Crippen LogP contribution is -2.35. The van der Waals surface area contributed by atoms with Gasteiger partial charge in [0.1, 0.15) is 5.78 Å². The molecule has 0 saturated heterocycles. The fourth-order valence-electron chi connectivity index (χ4n) is 3.31. The molecule has 2 atom stereocenters. The molecule has 1 N–H and O–H groups in total. The Hall–Kier alpha value is -2.23. The fourth-order valence-corrected chi connectivity index (χ4v) is 3.92. The first-order valence-corrected chi connectivity index (χ1v) is 11.6. The predicted octanol–water partition coefficient (Wildman–Crippen LogP) is 8.51. The molecule has 0 radical (unpaired) electrons. The van der Waals surface area contributed by atoms with Crippen LogP contribution < -0.4 is 5.32 Å². The lowest BCUT2D eigenvalue weighted by molar-refractivity contribution is -0.139. The summed E-state index contributed by atoms with van der Waals surface area (Å²) in [6, 6.07) is 3.75. The average molecular weight is 575 g/mol. The molecule has 0 fully saturated rings. The molecule has 0 heterocycles. The van der Waals surface area contributed by atoms with Crippen molar-refractivity contribution in [1.82, 2.24) is 5.32 Å². The van der Waals surface area contributed by atoms with Crippen molar-refractivity contribution in [3.05, 3.63) is 73.7 Å². The van der Waals surface area contributed by atoms with Crippen molar-refractivity contribution < 1.29 is 35.9 Å². The molecule has 0 saturated carbocycles. The third kappa shape index (κ3) is 7.88. The number of carbonyl (C=O) groups is 2. The standard InChI is InChI=1S/C24H20Cl3F6NO2/c1-3-15(35)8-12(2)34-22(36)16-6-4-13(9-18(16)24(31,32)33)5-7-17(23(28,29)30)14-10-19(25)21(27)20(26)11-14/h4-7,9-12,17H,3,8H2,1-2H3,(H,34,36)/b7-5+/t12-,17?/m1/s1. The summed E-state index contributed by atoms with van der Waals surface area (Å²) >= 11 is 17.4. The van der Waals surface area contributed by atoms with E-state index >= 15 is 0 Å². The molecule has 0 aliphatic heterocycles. The zero-order chi connectivity index (χ0) is 27.4. The number of nitrogens with one attached hydrogen (secondary N) is 1. The number of amides is 1. The van der Waals surface area contributed by atoms with Crippen LogP contribution in [0.2, 0.25) is 15.1 Å². The first kappa shape index (κ1) is 30.0. The van der Waals surface area contributed by atoms with Crippen molar-refractivity contribution in [3.63, 3.8) is 0 Å². The fraction of sp³-hybridized carbons (Fsp3) is 0.333. The van der Waals surface area contributed by atoms with Crippen molar-refractivity contribution in [2.75, 3.05) is 0 Å². The zero-order valence-corrected chi connectivity index (χ0v) is 21.1. The maximum Gasteiger partial charge on any atom is 0.417 e. The molecule has 1 unspecified atom stereocenters. The second-order valence-corrected chi connectivity index (χ2v) is 9.14. The Balaban J connectivity index is 2.43. The summed E-state index contributed by atoms with van der Waals surface area (Å²) in [6.45, 7) is 3.09. The van der Waals surface area contributed by atoms with Gasteiger partial charge in [0.15, 0.2) is 0 Å². The van der Waals surface area contributed by atoms with Crippen LogP contribution in [0.25, 0.3) is 6.08 Å². The van der Waals surface area contributed by atoms with E-state index in [9.17, 15) is 35.9 Å². The summed E-state index contributed by atoms with van der Waals surface area (Å²) in [5.41, 5.74) is -2.65. The van der Waals surface area contributed by atoms with Crippen LogP contribution in [0.3, 0.4) is 0 Å². The maximum absolute atomic E-state index is 13.7. The monoisotopic (exact) mass is 573 g/mol. The molecule has 2 aromatic carbocycles. The molecule has 0 spiro atoms. The third-order valence-corrected chi connectivity index (χ3v) is 6.30. The van der Waals surface area contributed by atoms with E-state index in [2.05, 4.69) is 5.32 Å². The van der Waals surface area contributed by atoms with Gasteiger partial charge in [0.05, 0.1) is 32.1 Å². The Morgan fingerprint density at radius 3 is 2.08 bits per heavy atom. The number of hydrogen-bond acceptors (Lipinski definition) is 2. The Kier molecular flexibility index (Phi) is 9.90. The maximum atomic E-state index is 13.7. The Morgan fingerprint density at radius 1 is 1.00 bits per heavy atom. The molecule has 196 valence electrons. The van der Waals surface area contributed by atoms with Gasteiger partial charge in [-0.05, 0) is 42.3 Å². The first-order chi connectivity index (χ1) is 16.5. The van der Waals surface area contributed by atoms with Gasteiger partial charge in [0.2, 0.25) is 0 Å². The van der Waals surface area contributed by atoms with Gasteiger partial charge in [-0.2, -0.15) is 26.3 Å². The second-order valence-electron chi connectivity index (χ2n) is 7.95. The summed E-state index contributed by atoms with van der Waals surface area (Å²) < 4.78 is 82.2. The van der Waals surface area contributed by atoms with Crippen LogP contribution in [0.5, 0.6) is 0 Å². The van der Waals surface area contributed by atoms with E-state index < -0.39 is 41.3 Å². The van der Waals surface area contributed by atoms with Gasteiger partial charge in [0.25, 0.3) is 5.91 Å². The first-order valence-electron chi connectivity index (χ1n) is 10.5. The van der Waals surface area contributed by atoms with E-state index in [0.717, 1.165) is 30.3 Å². The summed E-state index contributed by atoms with van der Waals surface area (Å²) in [5.74, 6) is -3.49. The van der Waals surface area contributed by atoms with Crippen LogP contribution in [0.1, 0.15) is 59.7 Å². The number of allylic oxidation sites excluding steroid dienone is 1. The van der Waals surface area contributed by atoms with Crippen molar-refractivity contribution in [3.8, 4) is 0 Å². The predicted molar refractivity (Wildman–Crippen MR) is 128 cm³/mol. The topological polar surface area (TPSA) is 46.2 Å². The smallest absolute Gasteiger partial charge is 0.349 e. The zero-order valence-electron chi connectivity index (χ0n) is 18.8. The number of hydrogen-bond donors (Lipinski definition) is 1. The van der Waals surface area contributed by atoms with Gasteiger partial charge in [-0.3, -0.25) is 9.59 Å². The van der Waals surface area contributed by atoms with E-state index in [1.54, 1.807) is 6.92 Å². The Morgan fingerprint density at radius 2 is 1.58 bits per heavy atom. The Bertz CT molecular complexity index is 1140. The molecule has 0 aliphatic rings. The van der Waals surface area contributed by atoms with Crippen molar-refractivity contribution >= 4 is 52.6 Å². The minimum Gasteiger partial charge on any atom is -0.349 e. The van der Waals surface area contributed by atoms with Gasteiger partial charge in [-0.1, -0.05) is 59.9 Å². The number of Topliss-reactive ketones (excluding diaryl/α,β-unsaturated/α-hetero) is 1. The highest BCUT2D eigenvalue weighted by Crippen LogP contribution is 2.41. The van der Waals surface area contributed by atoms with Crippen molar-refractivity contribution in [2.24, 2.45) is 0 Å². The second kappa shape index (κ2) is 11.9. The summed E-state index contributed by atoms with van der Waals surface area (Å²) in [4.78, 5) is 24.0. The molecule has 36 heavy (non-hydrogen) atoms. The van der Waals surface area contributed by atoms with Gasteiger partial charge in [0, 0.05) is 18.9 Å². The van der Waals surface area contributed by atoms with Gasteiger partial charge >= 0.3 is 12.4 Å². The van der Waals surface area contributed by atoms with Crippen molar-refractivity contribution in [1.29, 1.82) is 0 Å². The van der Waals surface area contributed by atoms with Crippen LogP contribution in [0, 0.1) is 0 Å². The number of halogens is 9. The van der Waals surface area contributed by atoms with Crippen LogP contribution in [0.4, 0.5) is 26.3 Å². The number of benzene rings is 2. The molecule has 2 rings (SSSR count). The minimum atomic E-state index is -4.97. The van der Waals surface area contributed by atoms with Gasteiger partial charge < -0.3 is 5.32 Å². The van der Waals surface area contributed by atoms with Crippen LogP contribution in [-0.4, -0.2) is 23.9 Å². The van der Waals surface area contributed by atoms with E-state index in [1.807, 2.05) is 0 Å². The quantitative estimate of drug-likeness (QED) is 0.254. The molecular formula is C24H20Cl3F6NO2. The van der Waals surface area contributed by atoms with Crippen molar-refractivity contribution in [2.45, 2.75) is 51.0 Å². The molecule has 0 bridgehead atoms. The highest BCUT2D eigenvalue weighted by Gasteiger charge is 2.40. The Labute approximate surface area is 218 Å². The van der Waals surface area contributed by atoms with E-state index in [0.29, 0.717) is 12.1 Å². The summed E-state index contributed by atoms with van der Waals surface area (Å²) in [6.07, 6.45) is -8.13. The molecule has 12 heteroatoms. The molecule has 1 amide bonds. The lowest BCUT2D eigenvalue weighted by Gasteiger charge is -2.19. The molecule has 2 aromatic rings. The SMILES string of the molecule is CCC(=O)C[C@@H](C)NC(=O)c1ccc(/C=C/C(c2cc(Cl)c(Cl)c(Cl)c2)C(F)(F)F)cc1C(F)(F)F. The molecule has 0 aromatic heterocycles. The van der Waals surface area contributed by atoms with Gasteiger partial charge in [-0.25, -0.2) is 0 Å². The highest BCUT2D eigenvalue weighted by atomic mass is 35.5. The van der Waals surface area contributed by atoms with E-state index in [1.165, 1.54) is 6.92 Å². The number of carbonyl (C=O) groups excluding carboxylic acids is 2. The van der Waals surface area contributed by atoms with Gasteiger partial charge in [-0.15, -0.1) is 0 Å². The van der Waals surface area contributed by atoms with Crippen LogP contribution >= 0.6 is 34.8 Å². The largest absolute Gasteiger partial charge is 0.417 e. The number of ketones is 1. The third-order valence-electron chi connectivity index (χ3n) is 5.10. The molecule has 0 aliphatic carbocycles. The van der Waals surface area contributed by atoms with E-state index in [-0.39, 0.29) is 44.8 Å². The average Bonchev–Trinajstić information content (AvgIpc) is 2.75. The van der Waals surface area contributed by atoms with Crippen LogP contribution in [0.15, 0.2) is 36.4 Å². The molecular weight excluding hydrogens is 555 g/mol. The summed E-state index contributed by atoms with van der Waals surface area (Å²) in [5, 5.41) is 1.77. The minimum absolute atomic E-state index is 0.0536. The van der Waals surface area contributed by atoms with Crippen LogP contribution in [-0.2, 0) is 11.0 Å². The normalized spacial score (nSPS) is 14.1. The molecule has 3 nitrogen and oxygen atoms in total.